The lowest BCUT2D eigenvalue weighted by molar-refractivity contribution is -0.129. The van der Waals surface area contributed by atoms with E-state index in [1.807, 2.05) is 39.8 Å². The maximum absolute atomic E-state index is 13.9. The number of aromatic nitrogens is 2. The largest absolute Gasteiger partial charge is 0.449 e. The van der Waals surface area contributed by atoms with E-state index in [2.05, 4.69) is 10.2 Å². The summed E-state index contributed by atoms with van der Waals surface area (Å²) in [6, 6.07) is 6.21. The zero-order valence-corrected chi connectivity index (χ0v) is 20.0. The molecule has 1 N–H and O–H groups in total. The van der Waals surface area contributed by atoms with Crippen LogP contribution in [0.4, 0.5) is 10.5 Å². The average molecular weight is 456 g/mol. The molecule has 0 aliphatic carbocycles. The first-order valence-electron chi connectivity index (χ1n) is 11.1. The van der Waals surface area contributed by atoms with Gasteiger partial charge in [-0.3, -0.25) is 20.2 Å². The van der Waals surface area contributed by atoms with Crippen LogP contribution in [0, 0.1) is 11.3 Å². The molecule has 177 valence electrons. The lowest BCUT2D eigenvalue weighted by Crippen LogP contribution is -2.60. The van der Waals surface area contributed by atoms with Crippen molar-refractivity contribution in [1.82, 2.24) is 15.9 Å². The van der Waals surface area contributed by atoms with Gasteiger partial charge in [-0.15, -0.1) is 10.2 Å². The van der Waals surface area contributed by atoms with Gasteiger partial charge in [-0.25, -0.2) is 4.79 Å². The summed E-state index contributed by atoms with van der Waals surface area (Å²) >= 11 is 0. The van der Waals surface area contributed by atoms with E-state index in [4.69, 9.17) is 14.9 Å². The van der Waals surface area contributed by atoms with E-state index in [0.717, 1.165) is 5.56 Å². The molecule has 9 heteroatoms. The van der Waals surface area contributed by atoms with Gasteiger partial charge in [0.15, 0.2) is 0 Å². The molecular formula is C24H31N4O5. The zero-order chi connectivity index (χ0) is 24.6. The Hall–Kier alpha value is -3.23. The Morgan fingerprint density at radius 1 is 1.21 bits per heavy atom. The highest BCUT2D eigenvalue weighted by Gasteiger charge is 2.60. The van der Waals surface area contributed by atoms with Gasteiger partial charge in [0.25, 0.3) is 11.8 Å². The number of carbonyl (C=O) groups is 3. The van der Waals surface area contributed by atoms with Gasteiger partial charge in [0.1, 0.15) is 5.41 Å². The Balaban J connectivity index is 2.17. The smallest absolute Gasteiger partial charge is 0.414 e. The second-order valence-electron chi connectivity index (χ2n) is 9.68. The fourth-order valence-electron chi connectivity index (χ4n) is 4.34. The number of para-hydroxylation sites is 1. The number of carbonyl (C=O) groups excluding carboxylic acids is 3. The lowest BCUT2D eigenvalue weighted by atomic mass is 9.66. The summed E-state index contributed by atoms with van der Waals surface area (Å²) in [6.07, 6.45) is 0.174. The van der Waals surface area contributed by atoms with Crippen LogP contribution in [0.25, 0.3) is 0 Å². The number of Topliss-reactive ketones (excluding diaryl/α,β-unsaturated/α-hetero) is 1. The van der Waals surface area contributed by atoms with Crippen LogP contribution in [-0.4, -0.2) is 40.6 Å². The Morgan fingerprint density at radius 3 is 2.42 bits per heavy atom. The van der Waals surface area contributed by atoms with Gasteiger partial charge < -0.3 is 9.15 Å². The molecule has 1 aromatic heterocycles. The molecule has 1 aliphatic rings. The van der Waals surface area contributed by atoms with Gasteiger partial charge in [0.05, 0.1) is 18.3 Å². The number of nitrogens with one attached hydrogen (secondary N) is 1. The van der Waals surface area contributed by atoms with Gasteiger partial charge in [-0.05, 0) is 30.4 Å². The van der Waals surface area contributed by atoms with Crippen molar-refractivity contribution in [3.05, 3.63) is 41.6 Å². The van der Waals surface area contributed by atoms with E-state index in [0.29, 0.717) is 12.1 Å². The third-order valence-electron chi connectivity index (χ3n) is 6.05. The van der Waals surface area contributed by atoms with Crippen molar-refractivity contribution in [2.24, 2.45) is 11.3 Å². The first-order chi connectivity index (χ1) is 15.5. The molecule has 33 heavy (non-hydrogen) atoms. The summed E-state index contributed by atoms with van der Waals surface area (Å²) in [7, 11) is 0. The van der Waals surface area contributed by atoms with Crippen LogP contribution in [-0.2, 0) is 21.4 Å². The predicted molar refractivity (Wildman–Crippen MR) is 121 cm³/mol. The number of hydrogen-bond donors (Lipinski definition) is 0. The summed E-state index contributed by atoms with van der Waals surface area (Å²) in [5, 5.41) is 7.90. The SMILES string of the molecule is CCCOC(=O)N1c2ccccc2C[C@H]1[C@](C([NH])=O)(C(=O)c1nnc(C(C)(C)C)o1)C(C)C. The number of anilines is 1. The van der Waals surface area contributed by atoms with Crippen LogP contribution in [0.5, 0.6) is 0 Å². The fraction of sp³-hybridized carbons (Fsp3) is 0.542. The van der Waals surface area contributed by atoms with Crippen molar-refractivity contribution < 1.29 is 23.5 Å². The third kappa shape index (κ3) is 4.12. The maximum Gasteiger partial charge on any atom is 0.414 e. The van der Waals surface area contributed by atoms with Gasteiger partial charge >= 0.3 is 6.09 Å². The van der Waals surface area contributed by atoms with E-state index in [9.17, 15) is 14.4 Å². The van der Waals surface area contributed by atoms with Crippen LogP contribution in [0.15, 0.2) is 28.7 Å². The first-order valence-corrected chi connectivity index (χ1v) is 11.1. The van der Waals surface area contributed by atoms with Crippen molar-refractivity contribution in [2.45, 2.75) is 65.8 Å². The van der Waals surface area contributed by atoms with E-state index in [-0.39, 0.29) is 24.8 Å². The maximum atomic E-state index is 13.9. The van der Waals surface area contributed by atoms with Crippen LogP contribution < -0.4 is 10.6 Å². The Morgan fingerprint density at radius 2 is 1.88 bits per heavy atom. The van der Waals surface area contributed by atoms with E-state index < -0.39 is 40.6 Å². The molecule has 9 nitrogen and oxygen atoms in total. The monoisotopic (exact) mass is 455 g/mol. The van der Waals surface area contributed by atoms with Crippen LogP contribution in [0.2, 0.25) is 0 Å². The quantitative estimate of drug-likeness (QED) is 0.456. The summed E-state index contributed by atoms with van der Waals surface area (Å²) in [5.74, 6) is -2.60. The van der Waals surface area contributed by atoms with Crippen LogP contribution >= 0.6 is 0 Å². The minimum absolute atomic E-state index is 0.195. The van der Waals surface area contributed by atoms with E-state index >= 15 is 0 Å². The fourth-order valence-corrected chi connectivity index (χ4v) is 4.34. The molecule has 0 spiro atoms. The first kappa shape index (κ1) is 24.4. The highest BCUT2D eigenvalue weighted by atomic mass is 16.6. The summed E-state index contributed by atoms with van der Waals surface area (Å²) in [4.78, 5) is 41.4. The summed E-state index contributed by atoms with van der Waals surface area (Å²) < 4.78 is 11.1. The van der Waals surface area contributed by atoms with Crippen molar-refractivity contribution in [1.29, 1.82) is 0 Å². The molecule has 1 aromatic carbocycles. The van der Waals surface area contributed by atoms with Gasteiger partial charge in [-0.2, -0.15) is 0 Å². The highest BCUT2D eigenvalue weighted by molar-refractivity contribution is 6.14. The number of fused-ring (bicyclic) bond motifs is 1. The Kier molecular flexibility index (Phi) is 6.63. The average Bonchev–Trinajstić information content (AvgIpc) is 3.37. The molecule has 0 saturated heterocycles. The molecule has 2 heterocycles. The van der Waals surface area contributed by atoms with E-state index in [1.165, 1.54) is 4.90 Å². The number of ketones is 1. The minimum atomic E-state index is -1.92. The molecule has 0 saturated carbocycles. The minimum Gasteiger partial charge on any atom is -0.449 e. The molecular weight excluding hydrogens is 424 g/mol. The topological polar surface area (TPSA) is 126 Å². The second-order valence-corrected chi connectivity index (χ2v) is 9.68. The standard InChI is InChI=1S/C24H31N4O5/c1-7-12-32-22(31)28-16-11-9-8-10-15(16)13-17(28)24(14(2)3,20(25)30)18(29)19-26-27-21(33-19)23(4,5)6/h8-11,14,17,25H,7,12-13H2,1-6H3/t17-,24-/m0/s1. The third-order valence-corrected chi connectivity index (χ3v) is 6.05. The lowest BCUT2D eigenvalue weighted by Gasteiger charge is -2.40. The van der Waals surface area contributed by atoms with Gasteiger partial charge in [0, 0.05) is 5.41 Å². The molecule has 2 aromatic rings. The number of ether oxygens (including phenoxy) is 1. The van der Waals surface area contributed by atoms with Crippen LogP contribution in [0.3, 0.4) is 0 Å². The Labute approximate surface area is 193 Å². The van der Waals surface area contributed by atoms with Crippen molar-refractivity contribution in [3.8, 4) is 0 Å². The molecule has 2 amide bonds. The van der Waals surface area contributed by atoms with Crippen molar-refractivity contribution in [2.75, 3.05) is 11.5 Å². The molecule has 2 atom stereocenters. The van der Waals surface area contributed by atoms with Crippen molar-refractivity contribution in [3.63, 3.8) is 0 Å². The molecule has 0 unspecified atom stereocenters. The number of amides is 2. The number of nitrogens with zero attached hydrogens (tertiary/aromatic N) is 3. The molecule has 1 radical (unpaired) electrons. The number of benzene rings is 1. The normalized spacial score (nSPS) is 17.5. The molecule has 0 bridgehead atoms. The van der Waals surface area contributed by atoms with E-state index in [1.54, 1.807) is 26.0 Å². The zero-order valence-electron chi connectivity index (χ0n) is 20.0. The predicted octanol–water partition coefficient (Wildman–Crippen LogP) is 3.98. The van der Waals surface area contributed by atoms with Gasteiger partial charge in [-0.1, -0.05) is 59.7 Å². The summed E-state index contributed by atoms with van der Waals surface area (Å²) in [5.41, 5.74) is 7.15. The Bertz CT molecular complexity index is 1060. The second kappa shape index (κ2) is 8.96. The van der Waals surface area contributed by atoms with Crippen molar-refractivity contribution >= 4 is 23.5 Å². The highest BCUT2D eigenvalue weighted by Crippen LogP contribution is 2.46. The molecule has 0 fully saturated rings. The molecule has 3 rings (SSSR count). The summed E-state index contributed by atoms with van der Waals surface area (Å²) in [6.45, 7) is 11.0. The van der Waals surface area contributed by atoms with Crippen LogP contribution in [0.1, 0.15) is 70.1 Å². The number of hydrogen-bond acceptors (Lipinski definition) is 7. The molecule has 1 aliphatic heterocycles. The number of rotatable bonds is 7. The van der Waals surface area contributed by atoms with Gasteiger partial charge in [0.2, 0.25) is 11.7 Å².